The van der Waals surface area contributed by atoms with Gasteiger partial charge in [0, 0.05) is 25.9 Å². The number of nitrogens with one attached hydrogen (secondary N) is 1. The van der Waals surface area contributed by atoms with Gasteiger partial charge < -0.3 is 4.90 Å². The summed E-state index contributed by atoms with van der Waals surface area (Å²) in [6.45, 7) is 2.58. The number of nitrogens with zero attached hydrogens (tertiary/aromatic N) is 3. The van der Waals surface area contributed by atoms with Crippen LogP contribution >= 0.6 is 0 Å². The monoisotopic (exact) mass is 506 g/mol. The predicted molar refractivity (Wildman–Crippen MR) is 125 cm³/mol. The highest BCUT2D eigenvalue weighted by atomic mass is 19.4. The Balaban J connectivity index is 1.39. The van der Waals surface area contributed by atoms with E-state index in [0.29, 0.717) is 42.2 Å². The largest absolute Gasteiger partial charge is 0.389 e. The molecule has 0 spiro atoms. The number of carbonyl (C=O) groups is 3. The van der Waals surface area contributed by atoms with Crippen LogP contribution in [0.2, 0.25) is 0 Å². The van der Waals surface area contributed by atoms with Crippen molar-refractivity contribution >= 4 is 28.6 Å². The molecule has 0 bridgehead atoms. The molecule has 1 aromatic carbocycles. The first-order valence-electron chi connectivity index (χ1n) is 12.2. The molecule has 3 heterocycles. The molecule has 3 amide bonds. The van der Waals surface area contributed by atoms with Crippen molar-refractivity contribution in [3.05, 3.63) is 39.9 Å². The lowest BCUT2D eigenvalue weighted by atomic mass is 9.90. The molecule has 0 radical (unpaired) electrons. The molecule has 8 nitrogen and oxygen atoms in total. The molecule has 2 saturated heterocycles. The van der Waals surface area contributed by atoms with Crippen LogP contribution in [0.4, 0.5) is 13.2 Å². The topological polar surface area (TPSA) is 101 Å². The van der Waals surface area contributed by atoms with Crippen molar-refractivity contribution in [1.29, 1.82) is 0 Å². The minimum Gasteiger partial charge on any atom is -0.343 e. The smallest absolute Gasteiger partial charge is 0.343 e. The van der Waals surface area contributed by atoms with E-state index in [1.807, 2.05) is 6.07 Å². The van der Waals surface area contributed by atoms with Gasteiger partial charge in [0.1, 0.15) is 11.9 Å². The van der Waals surface area contributed by atoms with Crippen molar-refractivity contribution in [1.82, 2.24) is 19.8 Å². The highest BCUT2D eigenvalue weighted by Gasteiger charge is 2.31. The van der Waals surface area contributed by atoms with E-state index in [-0.39, 0.29) is 24.3 Å². The van der Waals surface area contributed by atoms with Gasteiger partial charge in [0.25, 0.3) is 5.56 Å². The van der Waals surface area contributed by atoms with E-state index >= 15 is 0 Å². The van der Waals surface area contributed by atoms with Crippen LogP contribution in [-0.4, -0.2) is 51.4 Å². The number of benzene rings is 1. The van der Waals surface area contributed by atoms with Crippen LogP contribution in [0, 0.1) is 12.8 Å². The van der Waals surface area contributed by atoms with Crippen LogP contribution in [0.1, 0.15) is 62.4 Å². The summed E-state index contributed by atoms with van der Waals surface area (Å²) < 4.78 is 38.5. The Kier molecular flexibility index (Phi) is 7.46. The van der Waals surface area contributed by atoms with E-state index in [2.05, 4.69) is 10.3 Å². The van der Waals surface area contributed by atoms with Crippen molar-refractivity contribution in [3.63, 3.8) is 0 Å². The third kappa shape index (κ3) is 5.93. The third-order valence-corrected chi connectivity index (χ3v) is 7.09. The molecule has 194 valence electrons. The first-order valence-corrected chi connectivity index (χ1v) is 12.2. The minimum atomic E-state index is -4.33. The number of piperidine rings is 2. The second-order valence-corrected chi connectivity index (χ2v) is 9.63. The van der Waals surface area contributed by atoms with Gasteiger partial charge in [-0.05, 0) is 62.6 Å². The lowest BCUT2D eigenvalue weighted by Crippen LogP contribution is -2.45. The zero-order chi connectivity index (χ0) is 26.0. The van der Waals surface area contributed by atoms with Gasteiger partial charge in [-0.15, -0.1) is 0 Å². The quantitative estimate of drug-likeness (QED) is 0.607. The molecule has 1 unspecified atom stereocenters. The summed E-state index contributed by atoms with van der Waals surface area (Å²) in [6, 6.07) is 4.72. The van der Waals surface area contributed by atoms with E-state index in [9.17, 15) is 32.3 Å². The fourth-order valence-electron chi connectivity index (χ4n) is 5.06. The molecule has 1 N–H and O–H groups in total. The van der Waals surface area contributed by atoms with E-state index in [1.165, 1.54) is 9.47 Å². The van der Waals surface area contributed by atoms with E-state index in [0.717, 1.165) is 24.8 Å². The Morgan fingerprint density at radius 2 is 1.86 bits per heavy atom. The van der Waals surface area contributed by atoms with Crippen molar-refractivity contribution in [2.24, 2.45) is 5.92 Å². The van der Waals surface area contributed by atoms with E-state index in [1.54, 1.807) is 19.1 Å². The molecule has 36 heavy (non-hydrogen) atoms. The van der Waals surface area contributed by atoms with Crippen molar-refractivity contribution in [3.8, 4) is 0 Å². The number of likely N-dealkylation sites (tertiary alicyclic amines) is 1. The van der Waals surface area contributed by atoms with Crippen molar-refractivity contribution in [2.75, 3.05) is 13.1 Å². The Morgan fingerprint density at radius 3 is 2.53 bits per heavy atom. The SMILES string of the molecule is Cc1nc2ccc(CCC3CCN(C(=O)CCC(F)(F)F)CC3)cc2c(=O)n1C1CCC(=O)NC1=O. The number of aromatic nitrogens is 2. The number of hydrogen-bond acceptors (Lipinski definition) is 5. The standard InChI is InChI=1S/C25H29F3N4O4/c1-15-29-19-5-4-17(14-18(19)24(36)32(15)20-6-7-21(33)30-23(20)35)3-2-16-9-12-31(13-10-16)22(34)8-11-25(26,27)28/h4-5,14,16,20H,2-3,6-13H2,1H3,(H,30,33,35). The van der Waals surface area contributed by atoms with Crippen LogP contribution < -0.4 is 10.9 Å². The summed E-state index contributed by atoms with van der Waals surface area (Å²) in [5.74, 6) is -0.559. The number of aryl methyl sites for hydroxylation is 2. The number of alkyl halides is 3. The Morgan fingerprint density at radius 1 is 1.14 bits per heavy atom. The summed E-state index contributed by atoms with van der Waals surface area (Å²) in [6.07, 6.45) is -2.52. The van der Waals surface area contributed by atoms with Crippen LogP contribution in [-0.2, 0) is 20.8 Å². The Bertz CT molecular complexity index is 1230. The van der Waals surface area contributed by atoms with Gasteiger partial charge in [-0.25, -0.2) is 4.98 Å². The molecule has 2 aliphatic rings. The average molecular weight is 507 g/mol. The molecule has 4 rings (SSSR count). The maximum absolute atomic E-state index is 13.3. The number of imide groups is 1. The van der Waals surface area contributed by atoms with Crippen LogP contribution in [0.3, 0.4) is 0 Å². The molecule has 0 aliphatic carbocycles. The van der Waals surface area contributed by atoms with E-state index in [4.69, 9.17) is 0 Å². The van der Waals surface area contributed by atoms with Gasteiger partial charge in [-0.1, -0.05) is 6.07 Å². The summed E-state index contributed by atoms with van der Waals surface area (Å²) in [4.78, 5) is 55.2. The van der Waals surface area contributed by atoms with Crippen molar-refractivity contribution in [2.45, 2.75) is 70.5 Å². The molecule has 2 aliphatic heterocycles. The highest BCUT2D eigenvalue weighted by molar-refractivity contribution is 5.99. The molecule has 0 saturated carbocycles. The van der Waals surface area contributed by atoms with Gasteiger partial charge >= 0.3 is 6.18 Å². The molecule has 2 fully saturated rings. The van der Waals surface area contributed by atoms with Crippen LogP contribution in [0.5, 0.6) is 0 Å². The van der Waals surface area contributed by atoms with E-state index < -0.39 is 36.9 Å². The minimum absolute atomic E-state index is 0.160. The normalized spacial score (nSPS) is 19.6. The molecular formula is C25H29F3N4O4. The fraction of sp³-hybridized carbons (Fsp3) is 0.560. The number of rotatable bonds is 6. The number of carbonyl (C=O) groups excluding carboxylic acids is 3. The first-order chi connectivity index (χ1) is 17.0. The lowest BCUT2D eigenvalue weighted by Gasteiger charge is -2.32. The van der Waals surface area contributed by atoms with Gasteiger partial charge in [0.05, 0.1) is 17.3 Å². The number of halogens is 3. The number of fused-ring (bicyclic) bond motifs is 1. The maximum atomic E-state index is 13.3. The second-order valence-electron chi connectivity index (χ2n) is 9.63. The first kappa shape index (κ1) is 25.8. The zero-order valence-corrected chi connectivity index (χ0v) is 20.1. The Hall–Kier alpha value is -3.24. The molecule has 1 atom stereocenters. The molecule has 1 aromatic heterocycles. The summed E-state index contributed by atoms with van der Waals surface area (Å²) >= 11 is 0. The summed E-state index contributed by atoms with van der Waals surface area (Å²) in [5.41, 5.74) is 1.17. The Labute approximate surface area is 205 Å². The van der Waals surface area contributed by atoms with Gasteiger partial charge in [-0.2, -0.15) is 13.2 Å². The summed E-state index contributed by atoms with van der Waals surface area (Å²) in [7, 11) is 0. The number of amides is 3. The van der Waals surface area contributed by atoms with Gasteiger partial charge in [-0.3, -0.25) is 29.1 Å². The zero-order valence-electron chi connectivity index (χ0n) is 20.1. The lowest BCUT2D eigenvalue weighted by molar-refractivity contribution is -0.149. The molecule has 2 aromatic rings. The molecular weight excluding hydrogens is 477 g/mol. The maximum Gasteiger partial charge on any atom is 0.389 e. The predicted octanol–water partition coefficient (Wildman–Crippen LogP) is 3.20. The highest BCUT2D eigenvalue weighted by Crippen LogP contribution is 2.26. The van der Waals surface area contributed by atoms with Gasteiger partial charge in [0.2, 0.25) is 17.7 Å². The molecule has 11 heteroatoms. The number of hydrogen-bond donors (Lipinski definition) is 1. The fourth-order valence-corrected chi connectivity index (χ4v) is 5.06. The summed E-state index contributed by atoms with van der Waals surface area (Å²) in [5, 5.41) is 2.69. The van der Waals surface area contributed by atoms with Crippen LogP contribution in [0.25, 0.3) is 10.9 Å². The third-order valence-electron chi connectivity index (χ3n) is 7.09. The van der Waals surface area contributed by atoms with Crippen LogP contribution in [0.15, 0.2) is 23.0 Å². The van der Waals surface area contributed by atoms with Gasteiger partial charge in [0.15, 0.2) is 0 Å². The van der Waals surface area contributed by atoms with Crippen molar-refractivity contribution < 1.29 is 27.6 Å². The average Bonchev–Trinajstić information content (AvgIpc) is 2.82. The second kappa shape index (κ2) is 10.4.